The van der Waals surface area contributed by atoms with Crippen LogP contribution in [0.3, 0.4) is 0 Å². The van der Waals surface area contributed by atoms with E-state index in [-0.39, 0.29) is 20.8 Å². The molecule has 3 N–H and O–H groups in total. The van der Waals surface area contributed by atoms with E-state index < -0.39 is 10.0 Å². The number of anilines is 1. The van der Waals surface area contributed by atoms with Gasteiger partial charge in [0.1, 0.15) is 10.7 Å². The number of fused-ring (bicyclic) bond motifs is 1. The lowest BCUT2D eigenvalue weighted by atomic mass is 10.0. The Morgan fingerprint density at radius 1 is 1.00 bits per heavy atom. The number of sulfonamides is 1. The average molecular weight is 468 g/mol. The smallest absolute Gasteiger partial charge is 0.263 e. The van der Waals surface area contributed by atoms with E-state index in [1.807, 2.05) is 18.2 Å². The lowest BCUT2D eigenvalue weighted by molar-refractivity contribution is 0.601. The number of aromatic nitrogens is 1. The Balaban J connectivity index is 1.69. The largest absolute Gasteiger partial charge is 0.387 e. The highest BCUT2D eigenvalue weighted by Gasteiger charge is 2.21. The first-order valence-electron chi connectivity index (χ1n) is 8.33. The zero-order valence-electron chi connectivity index (χ0n) is 14.7. The van der Waals surface area contributed by atoms with Crippen molar-refractivity contribution in [2.75, 3.05) is 4.72 Å². The Bertz CT molecular complexity index is 1280. The summed E-state index contributed by atoms with van der Waals surface area (Å²) in [4.78, 5) is 8.25. The molecule has 0 radical (unpaired) electrons. The second kappa shape index (κ2) is 7.50. The highest BCUT2D eigenvalue weighted by molar-refractivity contribution is 7.92. The van der Waals surface area contributed by atoms with Crippen molar-refractivity contribution >= 4 is 62.0 Å². The third-order valence-corrected chi connectivity index (χ3v) is 6.70. The minimum absolute atomic E-state index is 0.00134. The van der Waals surface area contributed by atoms with Crippen LogP contribution in [-0.2, 0) is 16.4 Å². The van der Waals surface area contributed by atoms with E-state index in [1.54, 1.807) is 12.3 Å². The van der Waals surface area contributed by atoms with Gasteiger partial charge in [-0.15, -0.1) is 0 Å². The fourth-order valence-electron chi connectivity index (χ4n) is 2.98. The highest BCUT2D eigenvalue weighted by Crippen LogP contribution is 2.34. The Morgan fingerprint density at radius 2 is 1.79 bits per heavy atom. The number of rotatable bonds is 4. The number of benzene rings is 2. The second-order valence-electron chi connectivity index (χ2n) is 6.37. The van der Waals surface area contributed by atoms with Crippen molar-refractivity contribution in [3.63, 3.8) is 0 Å². The van der Waals surface area contributed by atoms with Crippen LogP contribution >= 0.6 is 34.8 Å². The number of aliphatic imine (C=N–C) groups is 1. The number of hydrogen-bond acceptors (Lipinski definition) is 5. The van der Waals surface area contributed by atoms with E-state index in [9.17, 15) is 8.42 Å². The number of pyridine rings is 1. The van der Waals surface area contributed by atoms with Crippen molar-refractivity contribution in [3.8, 4) is 11.1 Å². The number of hydrogen-bond donors (Lipinski definition) is 2. The molecule has 4 rings (SSSR count). The monoisotopic (exact) mass is 466 g/mol. The van der Waals surface area contributed by atoms with Gasteiger partial charge < -0.3 is 5.73 Å². The Hall–Kier alpha value is -2.32. The number of nitrogens with one attached hydrogen (secondary N) is 1. The van der Waals surface area contributed by atoms with Crippen LogP contribution in [0.4, 0.5) is 11.4 Å². The summed E-state index contributed by atoms with van der Waals surface area (Å²) in [5, 5.41) is 0.342. The summed E-state index contributed by atoms with van der Waals surface area (Å²) in [6.45, 7) is 0. The molecule has 1 aromatic heterocycles. The third-order valence-electron chi connectivity index (χ3n) is 4.32. The second-order valence-corrected chi connectivity index (χ2v) is 9.22. The van der Waals surface area contributed by atoms with E-state index in [2.05, 4.69) is 14.7 Å². The molecule has 0 spiro atoms. The van der Waals surface area contributed by atoms with Gasteiger partial charge in [0.25, 0.3) is 10.0 Å². The van der Waals surface area contributed by atoms with E-state index in [0.717, 1.165) is 16.8 Å². The van der Waals surface area contributed by atoms with Crippen molar-refractivity contribution in [1.29, 1.82) is 0 Å². The van der Waals surface area contributed by atoms with E-state index >= 15 is 0 Å². The molecular formula is C19H13Cl3N4O2S. The van der Waals surface area contributed by atoms with Gasteiger partial charge in [-0.3, -0.25) is 4.72 Å². The van der Waals surface area contributed by atoms with Crippen LogP contribution in [0.5, 0.6) is 0 Å². The minimum atomic E-state index is -4.00. The van der Waals surface area contributed by atoms with Crippen LogP contribution in [0.1, 0.15) is 5.56 Å². The summed E-state index contributed by atoms with van der Waals surface area (Å²) in [6, 6.07) is 11.4. The molecule has 0 fully saturated rings. The van der Waals surface area contributed by atoms with Gasteiger partial charge in [-0.05, 0) is 47.5 Å². The van der Waals surface area contributed by atoms with Gasteiger partial charge >= 0.3 is 0 Å². The van der Waals surface area contributed by atoms with Gasteiger partial charge in [-0.1, -0.05) is 40.9 Å². The van der Waals surface area contributed by atoms with Crippen LogP contribution in [-0.4, -0.2) is 19.2 Å². The van der Waals surface area contributed by atoms with Gasteiger partial charge in [0.05, 0.1) is 16.4 Å². The standard InChI is InChI=1S/C19H13Cl3N4O2S/c20-13-2-4-17(14(21)8-13)29(27,28)26-16-6-12(9-24-19(16)22)10-1-3-15-11(5-10)7-18(23)25-15/h1-6,8-9,26H,7H2,(H2,23,25). The third kappa shape index (κ3) is 4.04. The predicted molar refractivity (Wildman–Crippen MR) is 117 cm³/mol. The molecular weight excluding hydrogens is 455 g/mol. The molecule has 0 aliphatic carbocycles. The van der Waals surface area contributed by atoms with Crippen molar-refractivity contribution in [2.45, 2.75) is 11.3 Å². The number of halogens is 3. The van der Waals surface area contributed by atoms with Gasteiger partial charge in [0.15, 0.2) is 5.15 Å². The molecule has 1 aliphatic heterocycles. The molecule has 10 heteroatoms. The number of nitrogens with zero attached hydrogens (tertiary/aromatic N) is 2. The molecule has 148 valence electrons. The van der Waals surface area contributed by atoms with Crippen LogP contribution < -0.4 is 10.5 Å². The summed E-state index contributed by atoms with van der Waals surface area (Å²) >= 11 is 18.0. The molecule has 2 heterocycles. The zero-order chi connectivity index (χ0) is 20.8. The number of amidine groups is 1. The summed E-state index contributed by atoms with van der Waals surface area (Å²) < 4.78 is 28.0. The van der Waals surface area contributed by atoms with E-state index in [0.29, 0.717) is 22.8 Å². The lowest BCUT2D eigenvalue weighted by Crippen LogP contribution is -2.14. The van der Waals surface area contributed by atoms with Crippen molar-refractivity contribution in [1.82, 2.24) is 4.98 Å². The Kier molecular flexibility index (Phi) is 5.16. The van der Waals surface area contributed by atoms with Crippen molar-refractivity contribution in [2.24, 2.45) is 10.7 Å². The highest BCUT2D eigenvalue weighted by atomic mass is 35.5. The average Bonchev–Trinajstić information content (AvgIpc) is 3.02. The summed E-state index contributed by atoms with van der Waals surface area (Å²) in [7, 11) is -4.00. The molecule has 0 unspecified atom stereocenters. The maximum atomic E-state index is 12.8. The van der Waals surface area contributed by atoms with E-state index in [1.165, 1.54) is 18.2 Å². The molecule has 1 aliphatic rings. The molecule has 6 nitrogen and oxygen atoms in total. The van der Waals surface area contributed by atoms with E-state index in [4.69, 9.17) is 40.5 Å². The van der Waals surface area contributed by atoms with Gasteiger partial charge in [0, 0.05) is 23.2 Å². The lowest BCUT2D eigenvalue weighted by Gasteiger charge is -2.12. The van der Waals surface area contributed by atoms with Crippen LogP contribution in [0.2, 0.25) is 15.2 Å². The van der Waals surface area contributed by atoms with Crippen LogP contribution in [0.15, 0.2) is 58.5 Å². The fourth-order valence-corrected chi connectivity index (χ4v) is 5.01. The zero-order valence-corrected chi connectivity index (χ0v) is 17.7. The van der Waals surface area contributed by atoms with Crippen LogP contribution in [0, 0.1) is 0 Å². The maximum Gasteiger partial charge on any atom is 0.263 e. The number of nitrogens with two attached hydrogens (primary N) is 1. The van der Waals surface area contributed by atoms with Crippen molar-refractivity contribution < 1.29 is 8.42 Å². The minimum Gasteiger partial charge on any atom is -0.387 e. The van der Waals surface area contributed by atoms with Crippen molar-refractivity contribution in [3.05, 3.63) is 69.4 Å². The molecule has 3 aromatic rings. The topological polar surface area (TPSA) is 97.4 Å². The summed E-state index contributed by atoms with van der Waals surface area (Å²) in [6.07, 6.45) is 2.13. The fraction of sp³-hybridized carbons (Fsp3) is 0.0526. The Morgan fingerprint density at radius 3 is 2.55 bits per heavy atom. The molecule has 0 saturated heterocycles. The van der Waals surface area contributed by atoms with Gasteiger partial charge in [-0.2, -0.15) is 0 Å². The summed E-state index contributed by atoms with van der Waals surface area (Å²) in [5.74, 6) is 0.555. The van der Waals surface area contributed by atoms with Crippen LogP contribution in [0.25, 0.3) is 11.1 Å². The molecule has 0 amide bonds. The SMILES string of the molecule is NC1=Nc2ccc(-c3cnc(Cl)c(NS(=O)(=O)c4ccc(Cl)cc4Cl)c3)cc2C1. The normalized spacial score (nSPS) is 13.1. The molecule has 0 saturated carbocycles. The first-order valence-corrected chi connectivity index (χ1v) is 10.9. The predicted octanol–water partition coefficient (Wildman–Crippen LogP) is 5.05. The molecule has 0 atom stereocenters. The molecule has 2 aromatic carbocycles. The van der Waals surface area contributed by atoms with Gasteiger partial charge in [0.2, 0.25) is 0 Å². The summed E-state index contributed by atoms with van der Waals surface area (Å²) in [5.41, 5.74) is 9.25. The quantitative estimate of drug-likeness (QED) is 0.524. The Labute approximate surface area is 182 Å². The van der Waals surface area contributed by atoms with Gasteiger partial charge in [-0.25, -0.2) is 18.4 Å². The first kappa shape index (κ1) is 20.0. The molecule has 29 heavy (non-hydrogen) atoms. The molecule has 0 bridgehead atoms. The maximum absolute atomic E-state index is 12.8. The first-order chi connectivity index (χ1) is 13.7.